The number of halogens is 1. The second kappa shape index (κ2) is 5.16. The average Bonchev–Trinajstić information content (AvgIpc) is 2.28. The minimum Gasteiger partial charge on any atom is -0.507 e. The molecule has 5 heteroatoms. The molecular formula is C13H17ClN2O2. The summed E-state index contributed by atoms with van der Waals surface area (Å²) in [5.74, 6) is -0.212. The summed E-state index contributed by atoms with van der Waals surface area (Å²) < 4.78 is 0. The summed E-state index contributed by atoms with van der Waals surface area (Å²) in [6.07, 6.45) is 0. The van der Waals surface area contributed by atoms with Crippen molar-refractivity contribution in [2.45, 2.75) is 25.9 Å². The second-order valence-electron chi connectivity index (χ2n) is 4.73. The minimum atomic E-state index is -0.148. The Labute approximate surface area is 112 Å². The SMILES string of the molecule is CC1CNCC(C)N1C(=O)c1ccc(Cl)cc1O. The summed E-state index contributed by atoms with van der Waals surface area (Å²) in [6.45, 7) is 5.52. The average molecular weight is 269 g/mol. The molecular weight excluding hydrogens is 252 g/mol. The molecule has 0 spiro atoms. The minimum absolute atomic E-state index is 0.0644. The third kappa shape index (κ3) is 2.44. The van der Waals surface area contributed by atoms with Gasteiger partial charge in [-0.05, 0) is 32.0 Å². The number of aromatic hydroxyl groups is 1. The van der Waals surface area contributed by atoms with Crippen molar-refractivity contribution in [3.63, 3.8) is 0 Å². The number of hydrogen-bond donors (Lipinski definition) is 2. The van der Waals surface area contributed by atoms with Gasteiger partial charge in [0.15, 0.2) is 0 Å². The number of phenolic OH excluding ortho intramolecular Hbond substituents is 1. The smallest absolute Gasteiger partial charge is 0.258 e. The molecule has 1 aliphatic rings. The number of amides is 1. The Morgan fingerprint density at radius 3 is 2.56 bits per heavy atom. The molecule has 1 aromatic rings. The van der Waals surface area contributed by atoms with E-state index < -0.39 is 0 Å². The first-order valence-electron chi connectivity index (χ1n) is 6.02. The molecule has 98 valence electrons. The van der Waals surface area contributed by atoms with Crippen molar-refractivity contribution in [3.8, 4) is 5.75 Å². The lowest BCUT2D eigenvalue weighted by atomic mass is 10.1. The Morgan fingerprint density at radius 2 is 2.00 bits per heavy atom. The molecule has 4 nitrogen and oxygen atoms in total. The molecule has 18 heavy (non-hydrogen) atoms. The standard InChI is InChI=1S/C13H17ClN2O2/c1-8-6-15-7-9(2)16(8)13(18)11-4-3-10(14)5-12(11)17/h3-5,8-9,15,17H,6-7H2,1-2H3. The predicted octanol–water partition coefficient (Wildman–Crippen LogP) is 1.87. The molecule has 0 bridgehead atoms. The van der Waals surface area contributed by atoms with E-state index in [2.05, 4.69) is 5.32 Å². The van der Waals surface area contributed by atoms with E-state index in [0.29, 0.717) is 10.6 Å². The monoisotopic (exact) mass is 268 g/mol. The van der Waals surface area contributed by atoms with Gasteiger partial charge in [0.25, 0.3) is 5.91 Å². The molecule has 1 aliphatic heterocycles. The molecule has 2 N–H and O–H groups in total. The van der Waals surface area contributed by atoms with Gasteiger partial charge in [0.1, 0.15) is 5.75 Å². The topological polar surface area (TPSA) is 52.6 Å². The first-order valence-corrected chi connectivity index (χ1v) is 6.40. The van der Waals surface area contributed by atoms with Crippen LogP contribution in [-0.4, -0.2) is 41.1 Å². The van der Waals surface area contributed by atoms with Crippen molar-refractivity contribution in [2.75, 3.05) is 13.1 Å². The molecule has 0 radical (unpaired) electrons. The number of nitrogens with one attached hydrogen (secondary N) is 1. The van der Waals surface area contributed by atoms with Gasteiger partial charge in [0, 0.05) is 30.2 Å². The van der Waals surface area contributed by atoms with Crippen LogP contribution >= 0.6 is 11.6 Å². The van der Waals surface area contributed by atoms with Crippen LogP contribution in [0.5, 0.6) is 5.75 Å². The summed E-state index contributed by atoms with van der Waals surface area (Å²) in [7, 11) is 0. The van der Waals surface area contributed by atoms with Gasteiger partial charge < -0.3 is 15.3 Å². The summed E-state index contributed by atoms with van der Waals surface area (Å²) in [5.41, 5.74) is 0.306. The molecule has 1 heterocycles. The fourth-order valence-corrected chi connectivity index (χ4v) is 2.52. The Morgan fingerprint density at radius 1 is 1.39 bits per heavy atom. The van der Waals surface area contributed by atoms with Crippen LogP contribution in [0, 0.1) is 0 Å². The van der Waals surface area contributed by atoms with Gasteiger partial charge in [-0.15, -0.1) is 0 Å². The number of carbonyl (C=O) groups is 1. The van der Waals surface area contributed by atoms with Crippen LogP contribution in [-0.2, 0) is 0 Å². The summed E-state index contributed by atoms with van der Waals surface area (Å²) >= 11 is 5.77. The maximum atomic E-state index is 12.4. The van der Waals surface area contributed by atoms with E-state index in [9.17, 15) is 9.90 Å². The number of nitrogens with zero attached hydrogens (tertiary/aromatic N) is 1. The maximum absolute atomic E-state index is 12.4. The van der Waals surface area contributed by atoms with Crippen molar-refractivity contribution in [2.24, 2.45) is 0 Å². The van der Waals surface area contributed by atoms with Crippen LogP contribution in [0.25, 0.3) is 0 Å². The highest BCUT2D eigenvalue weighted by atomic mass is 35.5. The van der Waals surface area contributed by atoms with Gasteiger partial charge >= 0.3 is 0 Å². The molecule has 2 rings (SSSR count). The molecule has 2 atom stereocenters. The maximum Gasteiger partial charge on any atom is 0.258 e. The molecule has 0 aliphatic carbocycles. The fraction of sp³-hybridized carbons (Fsp3) is 0.462. The van der Waals surface area contributed by atoms with Crippen LogP contribution < -0.4 is 5.32 Å². The van der Waals surface area contributed by atoms with Crippen molar-refractivity contribution in [1.29, 1.82) is 0 Å². The molecule has 1 aromatic carbocycles. The van der Waals surface area contributed by atoms with Gasteiger partial charge in [0.05, 0.1) is 5.56 Å². The van der Waals surface area contributed by atoms with Gasteiger partial charge in [-0.1, -0.05) is 11.6 Å². The number of carbonyl (C=O) groups excluding carboxylic acids is 1. The van der Waals surface area contributed by atoms with E-state index in [4.69, 9.17) is 11.6 Å². The quantitative estimate of drug-likeness (QED) is 0.818. The van der Waals surface area contributed by atoms with E-state index in [1.807, 2.05) is 13.8 Å². The highest BCUT2D eigenvalue weighted by molar-refractivity contribution is 6.30. The largest absolute Gasteiger partial charge is 0.507 e. The van der Waals surface area contributed by atoms with Crippen molar-refractivity contribution < 1.29 is 9.90 Å². The normalized spacial score (nSPS) is 24.1. The van der Waals surface area contributed by atoms with Gasteiger partial charge in [-0.2, -0.15) is 0 Å². The number of rotatable bonds is 1. The van der Waals surface area contributed by atoms with Crippen LogP contribution in [0.1, 0.15) is 24.2 Å². The molecule has 2 unspecified atom stereocenters. The van der Waals surface area contributed by atoms with Gasteiger partial charge in [-0.25, -0.2) is 0 Å². The second-order valence-corrected chi connectivity index (χ2v) is 5.17. The van der Waals surface area contributed by atoms with E-state index >= 15 is 0 Å². The Bertz CT molecular complexity index is 454. The third-order valence-electron chi connectivity index (χ3n) is 3.25. The lowest BCUT2D eigenvalue weighted by molar-refractivity contribution is 0.0541. The van der Waals surface area contributed by atoms with Crippen LogP contribution in [0.4, 0.5) is 0 Å². The summed E-state index contributed by atoms with van der Waals surface area (Å²) in [6, 6.07) is 4.80. The predicted molar refractivity (Wildman–Crippen MR) is 71.1 cm³/mol. The van der Waals surface area contributed by atoms with E-state index in [1.165, 1.54) is 6.07 Å². The van der Waals surface area contributed by atoms with E-state index in [-0.39, 0.29) is 23.7 Å². The zero-order valence-corrected chi connectivity index (χ0v) is 11.2. The lowest BCUT2D eigenvalue weighted by Crippen LogP contribution is -2.57. The van der Waals surface area contributed by atoms with E-state index in [1.54, 1.807) is 17.0 Å². The molecule has 1 amide bonds. The number of piperazine rings is 1. The zero-order valence-electron chi connectivity index (χ0n) is 10.5. The van der Waals surface area contributed by atoms with Crippen molar-refractivity contribution in [1.82, 2.24) is 10.2 Å². The number of hydrogen-bond acceptors (Lipinski definition) is 3. The Hall–Kier alpha value is -1.26. The molecule has 1 fully saturated rings. The Balaban J connectivity index is 2.29. The lowest BCUT2D eigenvalue weighted by Gasteiger charge is -2.39. The van der Waals surface area contributed by atoms with E-state index in [0.717, 1.165) is 13.1 Å². The van der Waals surface area contributed by atoms with Crippen LogP contribution in [0.2, 0.25) is 5.02 Å². The Kier molecular flexibility index (Phi) is 3.78. The van der Waals surface area contributed by atoms with Crippen molar-refractivity contribution >= 4 is 17.5 Å². The highest BCUT2D eigenvalue weighted by Crippen LogP contribution is 2.25. The first-order chi connectivity index (χ1) is 8.50. The molecule has 1 saturated heterocycles. The van der Waals surface area contributed by atoms with Gasteiger partial charge in [0.2, 0.25) is 0 Å². The zero-order chi connectivity index (χ0) is 13.3. The molecule has 0 saturated carbocycles. The third-order valence-corrected chi connectivity index (χ3v) is 3.49. The molecule has 0 aromatic heterocycles. The number of phenols is 1. The summed E-state index contributed by atoms with van der Waals surface area (Å²) in [4.78, 5) is 14.3. The first kappa shape index (κ1) is 13.2. The van der Waals surface area contributed by atoms with Crippen LogP contribution in [0.15, 0.2) is 18.2 Å². The van der Waals surface area contributed by atoms with Crippen molar-refractivity contribution in [3.05, 3.63) is 28.8 Å². The van der Waals surface area contributed by atoms with Crippen LogP contribution in [0.3, 0.4) is 0 Å². The number of benzene rings is 1. The fourth-order valence-electron chi connectivity index (χ4n) is 2.36. The summed E-state index contributed by atoms with van der Waals surface area (Å²) in [5, 5.41) is 13.5. The van der Waals surface area contributed by atoms with Gasteiger partial charge in [-0.3, -0.25) is 4.79 Å². The highest BCUT2D eigenvalue weighted by Gasteiger charge is 2.30.